The molecule has 6 heteroatoms. The minimum absolute atomic E-state index is 0.0105. The molecule has 1 fully saturated rings. The Morgan fingerprint density at radius 1 is 1.25 bits per heavy atom. The van der Waals surface area contributed by atoms with Crippen molar-refractivity contribution < 1.29 is 4.79 Å². The number of hydrogen-bond acceptors (Lipinski definition) is 3. The first-order chi connectivity index (χ1) is 13.6. The number of piperidine rings is 1. The minimum Gasteiger partial charge on any atom is -0.352 e. The number of aromatic nitrogens is 2. The van der Waals surface area contributed by atoms with Crippen molar-refractivity contribution in [3.05, 3.63) is 58.1 Å². The average molecular weight is 441 g/mol. The highest BCUT2D eigenvalue weighted by Crippen LogP contribution is 2.25. The Morgan fingerprint density at radius 2 is 2.04 bits per heavy atom. The van der Waals surface area contributed by atoms with Crippen molar-refractivity contribution in [1.29, 1.82) is 0 Å². The van der Waals surface area contributed by atoms with E-state index in [0.29, 0.717) is 13.1 Å². The van der Waals surface area contributed by atoms with Gasteiger partial charge < -0.3 is 15.2 Å². The summed E-state index contributed by atoms with van der Waals surface area (Å²) >= 11 is 3.50. The second-order valence-corrected chi connectivity index (χ2v) is 8.31. The van der Waals surface area contributed by atoms with E-state index in [1.54, 1.807) is 0 Å². The predicted octanol–water partition coefficient (Wildman–Crippen LogP) is 4.42. The van der Waals surface area contributed by atoms with E-state index in [1.165, 1.54) is 5.56 Å². The summed E-state index contributed by atoms with van der Waals surface area (Å²) in [5.74, 6) is 0.965. The molecule has 0 unspecified atom stereocenters. The van der Waals surface area contributed by atoms with E-state index < -0.39 is 0 Å². The largest absolute Gasteiger partial charge is 0.352 e. The van der Waals surface area contributed by atoms with Gasteiger partial charge in [-0.1, -0.05) is 47.1 Å². The van der Waals surface area contributed by atoms with Gasteiger partial charge >= 0.3 is 0 Å². The highest BCUT2D eigenvalue weighted by Gasteiger charge is 2.27. The Balaban J connectivity index is 1.38. The molecule has 1 atom stereocenters. The number of imidazole rings is 1. The van der Waals surface area contributed by atoms with Crippen molar-refractivity contribution in [1.82, 2.24) is 15.3 Å². The molecular weight excluding hydrogens is 416 g/mol. The van der Waals surface area contributed by atoms with Crippen LogP contribution < -0.4 is 10.2 Å². The first kappa shape index (κ1) is 19.0. The second-order valence-electron chi connectivity index (χ2n) is 7.39. The van der Waals surface area contributed by atoms with Crippen molar-refractivity contribution in [2.75, 3.05) is 18.0 Å². The Labute approximate surface area is 173 Å². The third-order valence-electron chi connectivity index (χ3n) is 5.42. The smallest absolute Gasteiger partial charge is 0.225 e. The number of hydrogen-bond donors (Lipinski definition) is 2. The molecule has 0 saturated carbocycles. The van der Waals surface area contributed by atoms with Crippen LogP contribution in [0, 0.1) is 5.92 Å². The number of aromatic amines is 1. The molecule has 2 N–H and O–H groups in total. The van der Waals surface area contributed by atoms with Gasteiger partial charge in [0.1, 0.15) is 0 Å². The number of rotatable bonds is 5. The van der Waals surface area contributed by atoms with Crippen molar-refractivity contribution in [3.63, 3.8) is 0 Å². The number of H-pyrrole nitrogens is 1. The number of carbonyl (C=O) groups excluding carboxylic acids is 1. The summed E-state index contributed by atoms with van der Waals surface area (Å²) in [6, 6.07) is 14.5. The molecule has 2 aromatic carbocycles. The molecule has 1 saturated heterocycles. The summed E-state index contributed by atoms with van der Waals surface area (Å²) in [6.45, 7) is 4.34. The van der Waals surface area contributed by atoms with Crippen LogP contribution >= 0.6 is 15.9 Å². The van der Waals surface area contributed by atoms with Gasteiger partial charge in [-0.15, -0.1) is 0 Å². The molecule has 1 aromatic heterocycles. The van der Waals surface area contributed by atoms with Gasteiger partial charge in [-0.2, -0.15) is 0 Å². The first-order valence-corrected chi connectivity index (χ1v) is 10.7. The van der Waals surface area contributed by atoms with Gasteiger partial charge in [-0.3, -0.25) is 4.79 Å². The minimum atomic E-state index is -0.0105. The zero-order valence-electron chi connectivity index (χ0n) is 16.0. The van der Waals surface area contributed by atoms with Crippen LogP contribution in [0.3, 0.4) is 0 Å². The molecular formula is C22H25BrN4O. The van der Waals surface area contributed by atoms with E-state index in [9.17, 15) is 4.79 Å². The van der Waals surface area contributed by atoms with E-state index in [4.69, 9.17) is 4.98 Å². The number of amides is 1. The molecule has 0 spiro atoms. The van der Waals surface area contributed by atoms with Gasteiger partial charge in [-0.25, -0.2) is 4.98 Å². The maximum absolute atomic E-state index is 12.7. The Bertz CT molecular complexity index is 966. The third-order valence-corrected chi connectivity index (χ3v) is 5.91. The molecule has 1 aliphatic heterocycles. The van der Waals surface area contributed by atoms with Crippen LogP contribution in [0.15, 0.2) is 46.9 Å². The van der Waals surface area contributed by atoms with Crippen LogP contribution in [0.4, 0.5) is 5.95 Å². The molecule has 4 rings (SSSR count). The summed E-state index contributed by atoms with van der Waals surface area (Å²) in [5, 5.41) is 3.11. The Kier molecular flexibility index (Phi) is 5.67. The molecule has 28 heavy (non-hydrogen) atoms. The maximum atomic E-state index is 12.7. The SMILES string of the molecule is CCc1ccc(CNC(=O)[C@@H]2CCCN(c3nc4ccc(Br)cc4[nH]3)C2)cc1. The average Bonchev–Trinajstić information content (AvgIpc) is 3.15. The molecule has 1 amide bonds. The molecule has 5 nitrogen and oxygen atoms in total. The van der Waals surface area contributed by atoms with Crippen LogP contribution in [-0.2, 0) is 17.8 Å². The number of aryl methyl sites for hydroxylation is 1. The number of benzene rings is 2. The van der Waals surface area contributed by atoms with Crippen molar-refractivity contribution in [2.24, 2.45) is 5.92 Å². The van der Waals surface area contributed by atoms with Gasteiger partial charge in [0, 0.05) is 24.1 Å². The lowest BCUT2D eigenvalue weighted by atomic mass is 9.97. The van der Waals surface area contributed by atoms with Crippen molar-refractivity contribution in [2.45, 2.75) is 32.7 Å². The standard InChI is InChI=1S/C22H25BrN4O/c1-2-15-5-7-16(8-6-15)13-24-21(28)17-4-3-11-27(14-17)22-25-19-10-9-18(23)12-20(19)26-22/h5-10,12,17H,2-4,11,13-14H2,1H3,(H,24,28)(H,25,26)/t17-/m1/s1. The predicted molar refractivity (Wildman–Crippen MR) is 116 cm³/mol. The van der Waals surface area contributed by atoms with Crippen LogP contribution in [0.2, 0.25) is 0 Å². The monoisotopic (exact) mass is 440 g/mol. The van der Waals surface area contributed by atoms with Crippen LogP contribution in [0.25, 0.3) is 11.0 Å². The molecule has 146 valence electrons. The molecule has 3 aromatic rings. The van der Waals surface area contributed by atoms with Crippen molar-refractivity contribution in [3.8, 4) is 0 Å². The van der Waals surface area contributed by atoms with E-state index in [-0.39, 0.29) is 11.8 Å². The van der Waals surface area contributed by atoms with Crippen LogP contribution in [0.1, 0.15) is 30.9 Å². The highest BCUT2D eigenvalue weighted by atomic mass is 79.9. The summed E-state index contributed by atoms with van der Waals surface area (Å²) in [7, 11) is 0. The quantitative estimate of drug-likeness (QED) is 0.616. The fourth-order valence-corrected chi connectivity index (χ4v) is 4.09. The molecule has 0 radical (unpaired) electrons. The number of nitrogens with zero attached hydrogens (tertiary/aromatic N) is 2. The fourth-order valence-electron chi connectivity index (χ4n) is 3.73. The molecule has 0 aliphatic carbocycles. The number of anilines is 1. The number of nitrogens with one attached hydrogen (secondary N) is 2. The molecule has 2 heterocycles. The summed E-state index contributed by atoms with van der Waals surface area (Å²) in [4.78, 5) is 23.0. The zero-order chi connectivity index (χ0) is 19.5. The Morgan fingerprint density at radius 3 is 2.82 bits per heavy atom. The summed E-state index contributed by atoms with van der Waals surface area (Å²) < 4.78 is 1.03. The first-order valence-electron chi connectivity index (χ1n) is 9.88. The third kappa shape index (κ3) is 4.22. The Hall–Kier alpha value is -2.34. The van der Waals surface area contributed by atoms with E-state index in [2.05, 4.69) is 62.3 Å². The maximum Gasteiger partial charge on any atom is 0.225 e. The van der Waals surface area contributed by atoms with Crippen LogP contribution in [0.5, 0.6) is 0 Å². The summed E-state index contributed by atoms with van der Waals surface area (Å²) in [5.41, 5.74) is 4.41. The van der Waals surface area contributed by atoms with Gasteiger partial charge in [0.25, 0.3) is 0 Å². The second kappa shape index (κ2) is 8.35. The van der Waals surface area contributed by atoms with Gasteiger partial charge in [-0.05, 0) is 48.6 Å². The number of halogens is 1. The van der Waals surface area contributed by atoms with Gasteiger partial charge in [0.15, 0.2) is 0 Å². The lowest BCUT2D eigenvalue weighted by Crippen LogP contribution is -2.43. The molecule has 1 aliphatic rings. The fraction of sp³-hybridized carbons (Fsp3) is 0.364. The number of fused-ring (bicyclic) bond motifs is 1. The van der Waals surface area contributed by atoms with Gasteiger partial charge in [0.2, 0.25) is 11.9 Å². The van der Waals surface area contributed by atoms with E-state index in [0.717, 1.165) is 52.8 Å². The normalized spacial score (nSPS) is 17.1. The van der Waals surface area contributed by atoms with Crippen molar-refractivity contribution >= 4 is 38.8 Å². The lowest BCUT2D eigenvalue weighted by molar-refractivity contribution is -0.125. The number of carbonyl (C=O) groups is 1. The lowest BCUT2D eigenvalue weighted by Gasteiger charge is -2.31. The van der Waals surface area contributed by atoms with Gasteiger partial charge in [0.05, 0.1) is 17.0 Å². The topological polar surface area (TPSA) is 61.0 Å². The van der Waals surface area contributed by atoms with E-state index in [1.807, 2.05) is 18.2 Å². The van der Waals surface area contributed by atoms with Crippen LogP contribution in [-0.4, -0.2) is 29.0 Å². The summed E-state index contributed by atoms with van der Waals surface area (Å²) in [6.07, 6.45) is 2.94. The highest BCUT2D eigenvalue weighted by molar-refractivity contribution is 9.10. The zero-order valence-corrected chi connectivity index (χ0v) is 17.6. The molecule has 0 bridgehead atoms. The van der Waals surface area contributed by atoms with E-state index >= 15 is 0 Å².